The Kier molecular flexibility index (Phi) is 4.06. The predicted molar refractivity (Wildman–Crippen MR) is 107 cm³/mol. The van der Waals surface area contributed by atoms with Crippen LogP contribution in [0.5, 0.6) is 0 Å². The Labute approximate surface area is 171 Å². The Bertz CT molecular complexity index is 1180. The third-order valence-corrected chi connectivity index (χ3v) is 5.56. The first kappa shape index (κ1) is 18.1. The highest BCUT2D eigenvalue weighted by Crippen LogP contribution is 2.53. The molecule has 146 valence electrons. The summed E-state index contributed by atoms with van der Waals surface area (Å²) in [7, 11) is 0. The van der Waals surface area contributed by atoms with Crippen molar-refractivity contribution in [2.45, 2.75) is 25.3 Å². The number of esters is 1. The largest absolute Gasteiger partial charge is 0.461 e. The second-order valence-corrected chi connectivity index (χ2v) is 7.60. The van der Waals surface area contributed by atoms with Crippen molar-refractivity contribution >= 4 is 23.3 Å². The Morgan fingerprint density at radius 3 is 2.76 bits per heavy atom. The quantitative estimate of drug-likeness (QED) is 0.590. The molecule has 5 nitrogen and oxygen atoms in total. The molecule has 29 heavy (non-hydrogen) atoms. The van der Waals surface area contributed by atoms with Gasteiger partial charge in [0.2, 0.25) is 0 Å². The van der Waals surface area contributed by atoms with Gasteiger partial charge in [0.1, 0.15) is 17.7 Å². The number of fused-ring (bicyclic) bond motifs is 4. The van der Waals surface area contributed by atoms with Gasteiger partial charge in [-0.1, -0.05) is 23.7 Å². The third-order valence-electron chi connectivity index (χ3n) is 5.33. The normalized spacial score (nSPS) is 15.9. The standard InChI is InChI=1S/C22H17ClFN3O2/c1-2-29-21(28)19-20-22(9-10-22)26-18(14-5-3-4-6-16(14)24)15-11-13(23)7-8-17(15)27(20)12-25-19/h3-8,11-12H,2,9-10H2,1H3. The zero-order chi connectivity index (χ0) is 20.2. The van der Waals surface area contributed by atoms with Gasteiger partial charge in [-0.05, 0) is 50.1 Å². The lowest BCUT2D eigenvalue weighted by molar-refractivity contribution is 0.0517. The van der Waals surface area contributed by atoms with Crippen LogP contribution in [0, 0.1) is 5.82 Å². The van der Waals surface area contributed by atoms with Crippen LogP contribution in [0.15, 0.2) is 53.8 Å². The summed E-state index contributed by atoms with van der Waals surface area (Å²) in [6, 6.07) is 11.9. The molecule has 0 atom stereocenters. The van der Waals surface area contributed by atoms with Crippen molar-refractivity contribution in [2.24, 2.45) is 4.99 Å². The van der Waals surface area contributed by atoms with Gasteiger partial charge < -0.3 is 4.74 Å². The lowest BCUT2D eigenvalue weighted by Crippen LogP contribution is -2.16. The minimum atomic E-state index is -0.637. The average Bonchev–Trinajstić information content (AvgIpc) is 3.37. The molecule has 3 aromatic rings. The fourth-order valence-electron chi connectivity index (χ4n) is 3.89. The van der Waals surface area contributed by atoms with Crippen molar-refractivity contribution in [1.82, 2.24) is 9.55 Å². The van der Waals surface area contributed by atoms with Crippen LogP contribution in [0.4, 0.5) is 4.39 Å². The van der Waals surface area contributed by atoms with Gasteiger partial charge in [0.25, 0.3) is 0 Å². The van der Waals surface area contributed by atoms with Gasteiger partial charge in [-0.2, -0.15) is 0 Å². The van der Waals surface area contributed by atoms with E-state index >= 15 is 0 Å². The number of benzene rings is 2. The molecule has 2 aromatic carbocycles. The summed E-state index contributed by atoms with van der Waals surface area (Å²) in [5.41, 5.74) is 2.67. The molecular weight excluding hydrogens is 393 g/mol. The highest BCUT2D eigenvalue weighted by atomic mass is 35.5. The SMILES string of the molecule is CCOC(=O)c1ncn2c1C1(CC1)N=C(c1ccccc1F)c1cc(Cl)ccc1-2. The third kappa shape index (κ3) is 2.78. The van der Waals surface area contributed by atoms with Crippen molar-refractivity contribution in [3.63, 3.8) is 0 Å². The smallest absolute Gasteiger partial charge is 0.358 e. The van der Waals surface area contributed by atoms with Crippen LogP contribution in [-0.4, -0.2) is 27.8 Å². The molecular formula is C22H17ClFN3O2. The summed E-state index contributed by atoms with van der Waals surface area (Å²) in [6.45, 7) is 2.01. The number of rotatable bonds is 3. The second kappa shape index (κ2) is 6.52. The predicted octanol–water partition coefficient (Wildman–Crippen LogP) is 4.68. The van der Waals surface area contributed by atoms with E-state index < -0.39 is 11.5 Å². The van der Waals surface area contributed by atoms with Crippen molar-refractivity contribution in [3.05, 3.63) is 82.1 Å². The molecule has 0 unspecified atom stereocenters. The van der Waals surface area contributed by atoms with Gasteiger partial charge >= 0.3 is 5.97 Å². The Morgan fingerprint density at radius 2 is 2.03 bits per heavy atom. The van der Waals surface area contributed by atoms with E-state index in [4.69, 9.17) is 21.3 Å². The Hall–Kier alpha value is -2.99. The monoisotopic (exact) mass is 409 g/mol. The number of imidazole rings is 1. The number of ether oxygens (including phenoxy) is 1. The summed E-state index contributed by atoms with van der Waals surface area (Å²) in [6.07, 6.45) is 3.09. The highest BCUT2D eigenvalue weighted by molar-refractivity contribution is 6.31. The first-order valence-electron chi connectivity index (χ1n) is 9.44. The van der Waals surface area contributed by atoms with E-state index in [0.717, 1.165) is 18.5 Å². The summed E-state index contributed by atoms with van der Waals surface area (Å²) in [5.74, 6) is -0.837. The van der Waals surface area contributed by atoms with Crippen LogP contribution < -0.4 is 0 Å². The second-order valence-electron chi connectivity index (χ2n) is 7.17. The Balaban J connectivity index is 1.82. The fourth-order valence-corrected chi connectivity index (χ4v) is 4.06. The maximum Gasteiger partial charge on any atom is 0.358 e. The van der Waals surface area contributed by atoms with Gasteiger partial charge in [0.05, 0.1) is 23.7 Å². The van der Waals surface area contributed by atoms with E-state index in [0.29, 0.717) is 27.6 Å². The molecule has 1 aliphatic heterocycles. The van der Waals surface area contributed by atoms with Crippen molar-refractivity contribution in [3.8, 4) is 5.69 Å². The lowest BCUT2D eigenvalue weighted by Gasteiger charge is -2.13. The number of halogens is 2. The number of carbonyl (C=O) groups excluding carboxylic acids is 1. The van der Waals surface area contributed by atoms with E-state index in [-0.39, 0.29) is 18.1 Å². The van der Waals surface area contributed by atoms with Gasteiger partial charge in [0, 0.05) is 16.1 Å². The zero-order valence-corrected chi connectivity index (χ0v) is 16.4. The first-order chi connectivity index (χ1) is 14.0. The number of carbonyl (C=O) groups is 1. The summed E-state index contributed by atoms with van der Waals surface area (Å²) in [4.78, 5) is 21.9. The maximum atomic E-state index is 14.7. The minimum absolute atomic E-state index is 0.254. The van der Waals surface area contributed by atoms with Crippen molar-refractivity contribution in [2.75, 3.05) is 6.61 Å². The van der Waals surface area contributed by atoms with E-state index in [1.54, 1.807) is 43.6 Å². The minimum Gasteiger partial charge on any atom is -0.461 e. The van der Waals surface area contributed by atoms with Crippen molar-refractivity contribution < 1.29 is 13.9 Å². The summed E-state index contributed by atoms with van der Waals surface area (Å²) in [5, 5.41) is 0.520. The van der Waals surface area contributed by atoms with Gasteiger partial charge in [-0.25, -0.2) is 14.2 Å². The molecule has 0 radical (unpaired) electrons. The fraction of sp³-hybridized carbons (Fsp3) is 0.227. The van der Waals surface area contributed by atoms with Gasteiger partial charge in [0.15, 0.2) is 5.69 Å². The lowest BCUT2D eigenvalue weighted by atomic mass is 10.00. The number of hydrogen-bond donors (Lipinski definition) is 0. The molecule has 2 aliphatic rings. The van der Waals surface area contributed by atoms with E-state index in [9.17, 15) is 9.18 Å². The maximum absolute atomic E-state index is 14.7. The van der Waals surface area contributed by atoms with Crippen LogP contribution in [-0.2, 0) is 10.3 Å². The van der Waals surface area contributed by atoms with Crippen LogP contribution in [0.3, 0.4) is 0 Å². The molecule has 5 rings (SSSR count). The van der Waals surface area contributed by atoms with Crippen LogP contribution in [0.1, 0.15) is 47.1 Å². The molecule has 0 bridgehead atoms. The molecule has 0 saturated heterocycles. The molecule has 7 heteroatoms. The highest BCUT2D eigenvalue weighted by Gasteiger charge is 2.52. The summed E-state index contributed by atoms with van der Waals surface area (Å²) < 4.78 is 21.8. The molecule has 1 spiro atoms. The van der Waals surface area contributed by atoms with Crippen LogP contribution >= 0.6 is 11.6 Å². The topological polar surface area (TPSA) is 56.5 Å². The molecule has 1 aliphatic carbocycles. The van der Waals surface area contributed by atoms with Crippen LogP contribution in [0.25, 0.3) is 5.69 Å². The van der Waals surface area contributed by atoms with E-state index in [1.807, 2.05) is 10.6 Å². The average molecular weight is 410 g/mol. The van der Waals surface area contributed by atoms with Crippen molar-refractivity contribution in [1.29, 1.82) is 0 Å². The molecule has 0 amide bonds. The number of aromatic nitrogens is 2. The molecule has 0 N–H and O–H groups in total. The molecule has 1 aromatic heterocycles. The zero-order valence-electron chi connectivity index (χ0n) is 15.7. The van der Waals surface area contributed by atoms with E-state index in [2.05, 4.69) is 4.98 Å². The first-order valence-corrected chi connectivity index (χ1v) is 9.82. The van der Waals surface area contributed by atoms with Crippen LogP contribution in [0.2, 0.25) is 5.02 Å². The van der Waals surface area contributed by atoms with E-state index in [1.165, 1.54) is 6.07 Å². The Morgan fingerprint density at radius 1 is 1.24 bits per heavy atom. The van der Waals surface area contributed by atoms with Gasteiger partial charge in [-0.3, -0.25) is 9.56 Å². The molecule has 1 saturated carbocycles. The number of hydrogen-bond acceptors (Lipinski definition) is 4. The van der Waals surface area contributed by atoms with Gasteiger partial charge in [-0.15, -0.1) is 0 Å². The number of nitrogens with zero attached hydrogens (tertiary/aromatic N) is 3. The molecule has 2 heterocycles. The summed E-state index contributed by atoms with van der Waals surface area (Å²) >= 11 is 6.29. The molecule has 1 fully saturated rings. The number of aliphatic imine (C=N–C) groups is 1.